The second-order valence-electron chi connectivity index (χ2n) is 3.59. The van der Waals surface area contributed by atoms with E-state index in [0.717, 1.165) is 5.52 Å². The molecule has 0 saturated carbocycles. The number of rotatable bonds is 3. The van der Waals surface area contributed by atoms with Crippen molar-refractivity contribution < 1.29 is 0 Å². The van der Waals surface area contributed by atoms with E-state index >= 15 is 0 Å². The van der Waals surface area contributed by atoms with Crippen LogP contribution in [0.4, 0.5) is 0 Å². The van der Waals surface area contributed by atoms with Crippen molar-refractivity contribution in [2.45, 2.75) is 26.2 Å². The summed E-state index contributed by atoms with van der Waals surface area (Å²) in [6.45, 7) is 2.23. The maximum Gasteiger partial charge on any atom is 0.0704 e. The highest BCUT2D eigenvalue weighted by molar-refractivity contribution is 5.81. The lowest BCUT2D eigenvalue weighted by Gasteiger charge is -2.04. The summed E-state index contributed by atoms with van der Waals surface area (Å²) >= 11 is 0. The summed E-state index contributed by atoms with van der Waals surface area (Å²) < 4.78 is 0. The molecule has 72 valence electrons. The third-order valence-corrected chi connectivity index (χ3v) is 2.54. The van der Waals surface area contributed by atoms with Gasteiger partial charge in [0, 0.05) is 11.6 Å². The van der Waals surface area contributed by atoms with Crippen LogP contribution in [0.15, 0.2) is 36.5 Å². The molecule has 0 spiro atoms. The molecule has 1 heteroatoms. The second kappa shape index (κ2) is 4.23. The summed E-state index contributed by atoms with van der Waals surface area (Å²) in [7, 11) is 0. The Morgan fingerprint density at radius 2 is 2.00 bits per heavy atom. The lowest BCUT2D eigenvalue weighted by atomic mass is 10.0. The third-order valence-electron chi connectivity index (χ3n) is 2.54. The Bertz CT molecular complexity index is 415. The van der Waals surface area contributed by atoms with E-state index in [2.05, 4.69) is 36.2 Å². The molecule has 0 amide bonds. The zero-order valence-electron chi connectivity index (χ0n) is 8.53. The molecule has 0 atom stereocenters. The molecule has 0 fully saturated rings. The fourth-order valence-corrected chi connectivity index (χ4v) is 1.74. The lowest BCUT2D eigenvalue weighted by molar-refractivity contribution is 0.798. The highest BCUT2D eigenvalue weighted by atomic mass is 14.6. The summed E-state index contributed by atoms with van der Waals surface area (Å²) in [5.41, 5.74) is 2.54. The molecule has 0 N–H and O–H groups in total. The van der Waals surface area contributed by atoms with Crippen LogP contribution in [0.1, 0.15) is 25.3 Å². The van der Waals surface area contributed by atoms with E-state index in [9.17, 15) is 0 Å². The molecule has 0 aliphatic heterocycles. The molecule has 1 aromatic carbocycles. The minimum atomic E-state index is 1.11. The van der Waals surface area contributed by atoms with Crippen molar-refractivity contribution in [3.63, 3.8) is 0 Å². The molecule has 0 aliphatic rings. The molecule has 0 unspecified atom stereocenters. The first kappa shape index (κ1) is 9.20. The molecule has 1 aromatic heterocycles. The van der Waals surface area contributed by atoms with Crippen molar-refractivity contribution in [1.82, 2.24) is 4.98 Å². The van der Waals surface area contributed by atoms with Crippen LogP contribution in [0, 0.1) is 0 Å². The molecule has 0 aliphatic carbocycles. The van der Waals surface area contributed by atoms with Gasteiger partial charge in [0.25, 0.3) is 0 Å². The third kappa shape index (κ3) is 1.77. The van der Waals surface area contributed by atoms with Crippen molar-refractivity contribution in [3.8, 4) is 0 Å². The minimum Gasteiger partial charge on any atom is -0.256 e. The molecule has 1 heterocycles. The van der Waals surface area contributed by atoms with Crippen LogP contribution in [0.25, 0.3) is 10.9 Å². The number of nitrogens with zero attached hydrogens (tertiary/aromatic N) is 1. The Kier molecular flexibility index (Phi) is 2.78. The van der Waals surface area contributed by atoms with Crippen molar-refractivity contribution >= 4 is 10.9 Å². The van der Waals surface area contributed by atoms with Crippen LogP contribution in [0.3, 0.4) is 0 Å². The zero-order valence-corrected chi connectivity index (χ0v) is 8.53. The number of para-hydroxylation sites is 1. The Hall–Kier alpha value is -1.37. The van der Waals surface area contributed by atoms with Crippen molar-refractivity contribution in [1.29, 1.82) is 0 Å². The van der Waals surface area contributed by atoms with Gasteiger partial charge in [-0.25, -0.2) is 0 Å². The van der Waals surface area contributed by atoms with Gasteiger partial charge in [-0.05, 0) is 30.5 Å². The Morgan fingerprint density at radius 1 is 1.14 bits per heavy atom. The molecule has 1 nitrogen and oxygen atoms in total. The number of fused-ring (bicyclic) bond motifs is 1. The zero-order chi connectivity index (χ0) is 9.80. The Balaban J connectivity index is 2.43. The summed E-state index contributed by atoms with van der Waals surface area (Å²) in [6, 6.07) is 10.5. The van der Waals surface area contributed by atoms with E-state index in [-0.39, 0.29) is 0 Å². The number of aryl methyl sites for hydroxylation is 1. The van der Waals surface area contributed by atoms with Gasteiger partial charge in [-0.3, -0.25) is 4.98 Å². The number of hydrogen-bond acceptors (Lipinski definition) is 1. The first-order valence-electron chi connectivity index (χ1n) is 5.24. The van der Waals surface area contributed by atoms with Gasteiger partial charge in [0.2, 0.25) is 0 Å². The second-order valence-corrected chi connectivity index (χ2v) is 3.59. The maximum atomic E-state index is 4.35. The first-order valence-corrected chi connectivity index (χ1v) is 5.24. The Labute approximate surface area is 84.8 Å². The standard InChI is InChI=1S/C13H15N/c1-2-3-6-11-9-10-14-13-8-5-4-7-12(11)13/h4-5,7-10H,2-3,6H2,1H3. The highest BCUT2D eigenvalue weighted by Gasteiger charge is 1.99. The number of pyridine rings is 1. The van der Waals surface area contributed by atoms with E-state index < -0.39 is 0 Å². The van der Waals surface area contributed by atoms with E-state index in [1.807, 2.05) is 12.3 Å². The van der Waals surface area contributed by atoms with E-state index in [4.69, 9.17) is 0 Å². The molecule has 2 aromatic rings. The first-order chi connectivity index (χ1) is 6.92. The van der Waals surface area contributed by atoms with E-state index in [1.54, 1.807) is 0 Å². The molecule has 2 rings (SSSR count). The molecular weight excluding hydrogens is 170 g/mol. The van der Waals surface area contributed by atoms with Gasteiger partial charge >= 0.3 is 0 Å². The average molecular weight is 185 g/mol. The van der Waals surface area contributed by atoms with Gasteiger partial charge in [-0.1, -0.05) is 31.5 Å². The van der Waals surface area contributed by atoms with Crippen LogP contribution in [-0.2, 0) is 6.42 Å². The van der Waals surface area contributed by atoms with E-state index in [1.165, 1.54) is 30.2 Å². The SMILES string of the molecule is CCCCc1ccnc2ccccc12. The molecule has 0 saturated heterocycles. The number of benzene rings is 1. The number of hydrogen-bond donors (Lipinski definition) is 0. The fourth-order valence-electron chi connectivity index (χ4n) is 1.74. The van der Waals surface area contributed by atoms with Crippen LogP contribution in [0.2, 0.25) is 0 Å². The molecular formula is C13H15N. The minimum absolute atomic E-state index is 1.11. The maximum absolute atomic E-state index is 4.35. The van der Waals surface area contributed by atoms with Crippen LogP contribution >= 0.6 is 0 Å². The van der Waals surface area contributed by atoms with Gasteiger partial charge in [0.1, 0.15) is 0 Å². The molecule has 14 heavy (non-hydrogen) atoms. The largest absolute Gasteiger partial charge is 0.256 e. The summed E-state index contributed by atoms with van der Waals surface area (Å²) in [5, 5.41) is 1.31. The van der Waals surface area contributed by atoms with Crippen molar-refractivity contribution in [2.24, 2.45) is 0 Å². The summed E-state index contributed by atoms with van der Waals surface area (Å²) in [5.74, 6) is 0. The smallest absolute Gasteiger partial charge is 0.0704 e. The summed E-state index contributed by atoms with van der Waals surface area (Å²) in [4.78, 5) is 4.35. The lowest BCUT2D eigenvalue weighted by Crippen LogP contribution is -1.88. The highest BCUT2D eigenvalue weighted by Crippen LogP contribution is 2.17. The average Bonchev–Trinajstić information content (AvgIpc) is 2.26. The monoisotopic (exact) mass is 185 g/mol. The predicted molar refractivity (Wildman–Crippen MR) is 60.4 cm³/mol. The van der Waals surface area contributed by atoms with Gasteiger partial charge in [-0.15, -0.1) is 0 Å². The van der Waals surface area contributed by atoms with Crippen LogP contribution < -0.4 is 0 Å². The molecule has 0 bridgehead atoms. The number of aromatic nitrogens is 1. The van der Waals surface area contributed by atoms with Crippen LogP contribution in [-0.4, -0.2) is 4.98 Å². The molecule has 0 radical (unpaired) electrons. The predicted octanol–water partition coefficient (Wildman–Crippen LogP) is 3.58. The van der Waals surface area contributed by atoms with Gasteiger partial charge in [0.05, 0.1) is 5.52 Å². The fraction of sp³-hybridized carbons (Fsp3) is 0.308. The van der Waals surface area contributed by atoms with Gasteiger partial charge < -0.3 is 0 Å². The van der Waals surface area contributed by atoms with Gasteiger partial charge in [0.15, 0.2) is 0 Å². The van der Waals surface area contributed by atoms with Crippen LogP contribution in [0.5, 0.6) is 0 Å². The number of unbranched alkanes of at least 4 members (excludes halogenated alkanes) is 1. The Morgan fingerprint density at radius 3 is 2.86 bits per heavy atom. The topological polar surface area (TPSA) is 12.9 Å². The van der Waals surface area contributed by atoms with Crippen molar-refractivity contribution in [3.05, 3.63) is 42.1 Å². The van der Waals surface area contributed by atoms with Gasteiger partial charge in [-0.2, -0.15) is 0 Å². The summed E-state index contributed by atoms with van der Waals surface area (Å²) in [6.07, 6.45) is 5.58. The quantitative estimate of drug-likeness (QED) is 0.712. The van der Waals surface area contributed by atoms with E-state index in [0.29, 0.717) is 0 Å². The normalized spacial score (nSPS) is 10.6. The van der Waals surface area contributed by atoms with Crippen molar-refractivity contribution in [2.75, 3.05) is 0 Å².